The maximum absolute atomic E-state index is 14.0. The molecule has 0 aliphatic carbocycles. The molecule has 1 aromatic heterocycles. The summed E-state index contributed by atoms with van der Waals surface area (Å²) in [7, 11) is 0. The molecule has 8 nitrogen and oxygen atoms in total. The van der Waals surface area contributed by atoms with Crippen LogP contribution >= 0.6 is 0 Å². The summed E-state index contributed by atoms with van der Waals surface area (Å²) in [6, 6.07) is 25.7. The van der Waals surface area contributed by atoms with Crippen LogP contribution in [0, 0.1) is 0 Å². The van der Waals surface area contributed by atoms with Gasteiger partial charge in [-0.25, -0.2) is 0 Å². The number of hydrogen-bond donors (Lipinski definition) is 4. The third-order valence-corrected chi connectivity index (χ3v) is 7.26. The molecule has 2 atom stereocenters. The highest BCUT2D eigenvalue weighted by molar-refractivity contribution is 6.05. The minimum absolute atomic E-state index is 0.0217. The summed E-state index contributed by atoms with van der Waals surface area (Å²) in [5, 5.41) is 16.4. The smallest absolute Gasteiger partial charge is 0.254 e. The highest BCUT2D eigenvalue weighted by Gasteiger charge is 2.33. The van der Waals surface area contributed by atoms with Gasteiger partial charge in [-0.2, -0.15) is 0 Å². The van der Waals surface area contributed by atoms with Gasteiger partial charge in [0.25, 0.3) is 11.8 Å². The fourth-order valence-corrected chi connectivity index (χ4v) is 5.29. The van der Waals surface area contributed by atoms with Gasteiger partial charge in [-0.3, -0.25) is 14.4 Å². The monoisotopic (exact) mass is 524 g/mol. The van der Waals surface area contributed by atoms with Gasteiger partial charge in [-0.05, 0) is 47.6 Å². The highest BCUT2D eigenvalue weighted by atomic mass is 16.3. The van der Waals surface area contributed by atoms with E-state index in [-0.39, 0.29) is 42.6 Å². The summed E-state index contributed by atoms with van der Waals surface area (Å²) in [6.07, 6.45) is 1.50. The second kappa shape index (κ2) is 12.1. The Labute approximate surface area is 226 Å². The Kier molecular flexibility index (Phi) is 8.15. The van der Waals surface area contributed by atoms with Crippen LogP contribution < -0.4 is 16.2 Å². The van der Waals surface area contributed by atoms with Crippen molar-refractivity contribution in [2.45, 2.75) is 24.9 Å². The maximum Gasteiger partial charge on any atom is 0.254 e. The number of carbonyl (C=O) groups excluding carboxylic acids is 2. The van der Waals surface area contributed by atoms with Gasteiger partial charge in [0.05, 0.1) is 17.7 Å². The number of aliphatic hydroxyl groups excluding tert-OH is 1. The molecule has 39 heavy (non-hydrogen) atoms. The number of nitrogens with zero attached hydrogens (tertiary/aromatic N) is 1. The Bertz CT molecular complexity index is 1520. The van der Waals surface area contributed by atoms with Gasteiger partial charge in [0, 0.05) is 43.3 Å². The molecule has 1 fully saturated rings. The molecule has 0 bridgehead atoms. The summed E-state index contributed by atoms with van der Waals surface area (Å²) < 4.78 is 0. The molecule has 4 N–H and O–H groups in total. The van der Waals surface area contributed by atoms with E-state index in [1.54, 1.807) is 18.2 Å². The third kappa shape index (κ3) is 5.92. The topological polar surface area (TPSA) is 115 Å². The predicted molar refractivity (Wildman–Crippen MR) is 152 cm³/mol. The first-order valence-electron chi connectivity index (χ1n) is 13.2. The lowest BCUT2D eigenvalue weighted by Crippen LogP contribution is -2.56. The van der Waals surface area contributed by atoms with Gasteiger partial charge in [0.15, 0.2) is 0 Å². The Morgan fingerprint density at radius 1 is 0.897 bits per heavy atom. The molecule has 4 aromatic rings. The first-order chi connectivity index (χ1) is 19.0. The minimum atomic E-state index is -0.305. The van der Waals surface area contributed by atoms with Crippen molar-refractivity contribution in [2.24, 2.45) is 0 Å². The molecule has 8 heteroatoms. The van der Waals surface area contributed by atoms with Crippen LogP contribution in [0.2, 0.25) is 0 Å². The van der Waals surface area contributed by atoms with Crippen LogP contribution in [0.3, 0.4) is 0 Å². The second-order valence-electron chi connectivity index (χ2n) is 9.78. The van der Waals surface area contributed by atoms with Crippen molar-refractivity contribution in [1.82, 2.24) is 20.5 Å². The zero-order valence-electron chi connectivity index (χ0n) is 21.6. The molecule has 5 rings (SSSR count). The van der Waals surface area contributed by atoms with Crippen molar-refractivity contribution < 1.29 is 14.7 Å². The average molecular weight is 525 g/mol. The zero-order valence-corrected chi connectivity index (χ0v) is 21.6. The number of hydrogen-bond acceptors (Lipinski definition) is 5. The molecular weight excluding hydrogens is 492 g/mol. The molecule has 200 valence electrons. The van der Waals surface area contributed by atoms with Crippen molar-refractivity contribution >= 4 is 22.7 Å². The number of aliphatic hydroxyl groups is 1. The summed E-state index contributed by atoms with van der Waals surface area (Å²) in [5.41, 5.74) is 3.03. The molecule has 0 radical (unpaired) electrons. The molecule has 3 aromatic carbocycles. The number of rotatable bonds is 8. The number of nitrogens with one attached hydrogen (secondary N) is 3. The number of piperidine rings is 1. The fraction of sp³-hybridized carbons (Fsp3) is 0.258. The predicted octanol–water partition coefficient (Wildman–Crippen LogP) is 3.18. The molecule has 0 saturated carbocycles. The largest absolute Gasteiger partial charge is 0.395 e. The van der Waals surface area contributed by atoms with E-state index in [1.165, 1.54) is 6.07 Å². The molecule has 1 aliphatic heterocycles. The van der Waals surface area contributed by atoms with Crippen molar-refractivity contribution in [3.8, 4) is 11.1 Å². The standard InChI is InChI=1S/C31H32N4O4/c36-18-17-32-23-14-15-24(19-33-30(38)27-12-6-9-22-13-16-28(37)34-29(22)27)35(20-23)31(39)26-11-5-4-10-25(26)21-7-2-1-3-8-21/h1-13,16,23-24,32,36H,14-15,17-20H2,(H,33,38)(H,34,37). The number of H-pyrrole nitrogens is 1. The lowest BCUT2D eigenvalue weighted by atomic mass is 9.94. The Morgan fingerprint density at radius 2 is 1.67 bits per heavy atom. The Morgan fingerprint density at radius 3 is 2.49 bits per heavy atom. The fourth-order valence-electron chi connectivity index (χ4n) is 5.29. The van der Waals surface area contributed by atoms with E-state index < -0.39 is 0 Å². The van der Waals surface area contributed by atoms with Gasteiger partial charge in [-0.15, -0.1) is 0 Å². The van der Waals surface area contributed by atoms with Gasteiger partial charge in [0.2, 0.25) is 5.56 Å². The number of benzene rings is 3. The number of fused-ring (bicyclic) bond motifs is 1. The SMILES string of the molecule is O=C(NCC1CCC(NCCO)CN1C(=O)c1ccccc1-c1ccccc1)c1cccc2ccc(=O)[nH]c12. The molecular formula is C31H32N4O4. The molecule has 0 spiro atoms. The number of aromatic amines is 1. The number of likely N-dealkylation sites (tertiary alicyclic amines) is 1. The van der Waals surface area contributed by atoms with E-state index in [0.717, 1.165) is 22.9 Å². The van der Waals surface area contributed by atoms with E-state index in [2.05, 4.69) is 15.6 Å². The van der Waals surface area contributed by atoms with Gasteiger partial charge in [0.1, 0.15) is 0 Å². The van der Waals surface area contributed by atoms with Crippen LogP contribution in [0.5, 0.6) is 0 Å². The lowest BCUT2D eigenvalue weighted by molar-refractivity contribution is 0.0555. The van der Waals surface area contributed by atoms with Gasteiger partial charge in [-0.1, -0.05) is 60.7 Å². The van der Waals surface area contributed by atoms with Crippen LogP contribution in [0.15, 0.2) is 89.7 Å². The number of pyridine rings is 1. The number of aromatic nitrogens is 1. The summed E-state index contributed by atoms with van der Waals surface area (Å²) >= 11 is 0. The first kappa shape index (κ1) is 26.3. The van der Waals surface area contributed by atoms with E-state index in [9.17, 15) is 19.5 Å². The molecule has 2 unspecified atom stereocenters. The van der Waals surface area contributed by atoms with Gasteiger partial charge < -0.3 is 25.6 Å². The zero-order chi connectivity index (χ0) is 27.2. The highest BCUT2D eigenvalue weighted by Crippen LogP contribution is 2.27. The summed E-state index contributed by atoms with van der Waals surface area (Å²) in [4.78, 5) is 43.8. The number of amides is 2. The van der Waals surface area contributed by atoms with Gasteiger partial charge >= 0.3 is 0 Å². The van der Waals surface area contributed by atoms with Crippen LogP contribution in [0.1, 0.15) is 33.6 Å². The first-order valence-corrected chi connectivity index (χ1v) is 13.2. The molecule has 2 heterocycles. The summed E-state index contributed by atoms with van der Waals surface area (Å²) in [6.45, 7) is 1.21. The normalized spacial score (nSPS) is 17.2. The summed E-state index contributed by atoms with van der Waals surface area (Å²) in [5.74, 6) is -0.404. The van der Waals surface area contributed by atoms with Crippen molar-refractivity contribution in [3.63, 3.8) is 0 Å². The lowest BCUT2D eigenvalue weighted by Gasteiger charge is -2.40. The van der Waals surface area contributed by atoms with E-state index in [1.807, 2.05) is 65.6 Å². The quantitative estimate of drug-likeness (QED) is 0.283. The van der Waals surface area contributed by atoms with Crippen molar-refractivity contribution in [3.05, 3.63) is 106 Å². The number of carbonyl (C=O) groups is 2. The van der Waals surface area contributed by atoms with Crippen molar-refractivity contribution in [1.29, 1.82) is 0 Å². The third-order valence-electron chi connectivity index (χ3n) is 7.26. The van der Waals surface area contributed by atoms with Crippen LogP contribution in [0.25, 0.3) is 22.0 Å². The van der Waals surface area contributed by atoms with Crippen LogP contribution in [-0.2, 0) is 0 Å². The average Bonchev–Trinajstić information content (AvgIpc) is 2.98. The van der Waals surface area contributed by atoms with E-state index >= 15 is 0 Å². The minimum Gasteiger partial charge on any atom is -0.395 e. The molecule has 2 amide bonds. The van der Waals surface area contributed by atoms with Crippen LogP contribution in [-0.4, -0.2) is 65.1 Å². The Balaban J connectivity index is 1.39. The van der Waals surface area contributed by atoms with E-state index in [4.69, 9.17) is 0 Å². The van der Waals surface area contributed by atoms with Crippen molar-refractivity contribution in [2.75, 3.05) is 26.2 Å². The Hall–Kier alpha value is -4.27. The van der Waals surface area contributed by atoms with Crippen LogP contribution in [0.4, 0.5) is 0 Å². The number of para-hydroxylation sites is 1. The van der Waals surface area contributed by atoms with E-state index in [0.29, 0.717) is 36.2 Å². The maximum atomic E-state index is 14.0. The molecule has 1 saturated heterocycles. The molecule has 1 aliphatic rings. The second-order valence-corrected chi connectivity index (χ2v) is 9.78.